The molecule has 3 aromatic rings. The van der Waals surface area contributed by atoms with E-state index in [-0.39, 0.29) is 0 Å². The van der Waals surface area contributed by atoms with Gasteiger partial charge < -0.3 is 20.1 Å². The number of carbonyl (C=O) groups excluding carboxylic acids is 1. The Labute approximate surface area is 157 Å². The topological polar surface area (TPSA) is 94.6 Å². The lowest BCUT2D eigenvalue weighted by Crippen LogP contribution is -2.22. The number of nitrogens with two attached hydrogens (primary N) is 1. The lowest BCUT2D eigenvalue weighted by atomic mass is 10.1. The molecule has 1 heterocycles. The largest absolute Gasteiger partial charge is 0.479 e. The first-order valence-corrected chi connectivity index (χ1v) is 8.65. The van der Waals surface area contributed by atoms with E-state index in [0.29, 0.717) is 17.9 Å². The average molecular weight is 366 g/mol. The summed E-state index contributed by atoms with van der Waals surface area (Å²) in [6.45, 7) is 6.15. The molecule has 0 saturated carbocycles. The smallest absolute Gasteiger partial charge is 0.344 e. The molecule has 0 saturated heterocycles. The molecule has 0 fully saturated rings. The molecule has 1 aromatic heterocycles. The summed E-state index contributed by atoms with van der Waals surface area (Å²) in [5.41, 5.74) is 10.1. The maximum atomic E-state index is 11.5. The number of benzene rings is 2. The van der Waals surface area contributed by atoms with Crippen LogP contribution >= 0.6 is 0 Å². The standard InChI is InChI=1S/C21H22N2O4/c1-12-13(2)23(19-8-7-16(20(22)24)10-18(12)19)11-15-5-4-6-17(9-15)27-14(3)21(25)26/h4-10,14H,11H2,1-3H3,(H2,22,24)(H,25,26)/t14-/m0/s1. The van der Waals surface area contributed by atoms with E-state index in [4.69, 9.17) is 15.6 Å². The van der Waals surface area contributed by atoms with Gasteiger partial charge in [0.05, 0.1) is 0 Å². The van der Waals surface area contributed by atoms with Gasteiger partial charge in [0.1, 0.15) is 5.75 Å². The van der Waals surface area contributed by atoms with E-state index in [0.717, 1.165) is 27.7 Å². The summed E-state index contributed by atoms with van der Waals surface area (Å²) in [5, 5.41) is 10.0. The zero-order chi connectivity index (χ0) is 19.7. The Bertz CT molecular complexity index is 1040. The molecule has 0 unspecified atom stereocenters. The van der Waals surface area contributed by atoms with Crippen molar-refractivity contribution in [2.75, 3.05) is 0 Å². The van der Waals surface area contributed by atoms with Gasteiger partial charge in [0.2, 0.25) is 5.91 Å². The number of hydrogen-bond donors (Lipinski definition) is 2. The summed E-state index contributed by atoms with van der Waals surface area (Å²) < 4.78 is 7.62. The van der Waals surface area contributed by atoms with Crippen LogP contribution in [0.1, 0.15) is 34.1 Å². The first kappa shape index (κ1) is 18.5. The van der Waals surface area contributed by atoms with Crippen molar-refractivity contribution in [1.82, 2.24) is 4.57 Å². The fourth-order valence-corrected chi connectivity index (χ4v) is 3.16. The number of aryl methyl sites for hydroxylation is 1. The van der Waals surface area contributed by atoms with Crippen molar-refractivity contribution in [3.8, 4) is 5.75 Å². The third-order valence-electron chi connectivity index (χ3n) is 4.82. The second kappa shape index (κ2) is 7.15. The molecule has 3 N–H and O–H groups in total. The van der Waals surface area contributed by atoms with E-state index in [1.54, 1.807) is 12.1 Å². The van der Waals surface area contributed by atoms with Crippen LogP contribution in [0.4, 0.5) is 0 Å². The molecular weight excluding hydrogens is 344 g/mol. The van der Waals surface area contributed by atoms with Crippen LogP contribution in [0.15, 0.2) is 42.5 Å². The zero-order valence-electron chi connectivity index (χ0n) is 15.5. The molecule has 2 aromatic carbocycles. The molecule has 0 radical (unpaired) electrons. The lowest BCUT2D eigenvalue weighted by Gasteiger charge is -2.13. The lowest BCUT2D eigenvalue weighted by molar-refractivity contribution is -0.144. The number of amides is 1. The summed E-state index contributed by atoms with van der Waals surface area (Å²) >= 11 is 0. The molecule has 6 heteroatoms. The van der Waals surface area contributed by atoms with Gasteiger partial charge in [-0.15, -0.1) is 0 Å². The van der Waals surface area contributed by atoms with E-state index in [9.17, 15) is 9.59 Å². The third-order valence-corrected chi connectivity index (χ3v) is 4.82. The number of primary amides is 1. The van der Waals surface area contributed by atoms with Crippen LogP contribution in [0, 0.1) is 13.8 Å². The SMILES string of the molecule is Cc1c(C)n(Cc2cccc(O[C@@H](C)C(=O)O)c2)c2ccc(C(N)=O)cc12. The van der Waals surface area contributed by atoms with Gasteiger partial charge in [-0.25, -0.2) is 4.79 Å². The van der Waals surface area contributed by atoms with Gasteiger partial charge in [0.15, 0.2) is 6.10 Å². The number of carboxylic acid groups (broad SMARTS) is 1. The number of ether oxygens (including phenoxy) is 1. The van der Waals surface area contributed by atoms with Crippen molar-refractivity contribution < 1.29 is 19.4 Å². The van der Waals surface area contributed by atoms with Gasteiger partial charge >= 0.3 is 5.97 Å². The van der Waals surface area contributed by atoms with Crippen molar-refractivity contribution in [3.05, 3.63) is 64.8 Å². The Hall–Kier alpha value is -3.28. The van der Waals surface area contributed by atoms with Crippen LogP contribution in [0.25, 0.3) is 10.9 Å². The molecule has 0 aliphatic rings. The highest BCUT2D eigenvalue weighted by atomic mass is 16.5. The second-order valence-electron chi connectivity index (χ2n) is 6.64. The van der Waals surface area contributed by atoms with Crippen LogP contribution in [-0.4, -0.2) is 27.7 Å². The van der Waals surface area contributed by atoms with E-state index in [2.05, 4.69) is 4.57 Å². The summed E-state index contributed by atoms with van der Waals surface area (Å²) in [4.78, 5) is 22.5. The van der Waals surface area contributed by atoms with Crippen LogP contribution in [0.5, 0.6) is 5.75 Å². The van der Waals surface area contributed by atoms with E-state index in [1.807, 2.05) is 44.2 Å². The Morgan fingerprint density at radius 2 is 1.93 bits per heavy atom. The summed E-state index contributed by atoms with van der Waals surface area (Å²) in [5.74, 6) is -0.933. The Morgan fingerprint density at radius 1 is 1.19 bits per heavy atom. The van der Waals surface area contributed by atoms with Crippen LogP contribution in [0.3, 0.4) is 0 Å². The first-order chi connectivity index (χ1) is 12.8. The highest BCUT2D eigenvalue weighted by molar-refractivity contribution is 5.98. The van der Waals surface area contributed by atoms with E-state index >= 15 is 0 Å². The van der Waals surface area contributed by atoms with Crippen molar-refractivity contribution >= 4 is 22.8 Å². The molecule has 0 aliphatic heterocycles. The number of fused-ring (bicyclic) bond motifs is 1. The Morgan fingerprint density at radius 3 is 2.59 bits per heavy atom. The molecule has 140 valence electrons. The Kier molecular flexibility index (Phi) is 4.90. The number of carboxylic acids is 1. The summed E-state index contributed by atoms with van der Waals surface area (Å²) in [6, 6.07) is 12.9. The number of aromatic nitrogens is 1. The average Bonchev–Trinajstić information content (AvgIpc) is 2.86. The first-order valence-electron chi connectivity index (χ1n) is 8.65. The van der Waals surface area contributed by atoms with Crippen molar-refractivity contribution in [2.24, 2.45) is 5.73 Å². The number of hydrogen-bond acceptors (Lipinski definition) is 3. The molecule has 6 nitrogen and oxygen atoms in total. The van der Waals surface area contributed by atoms with Crippen LogP contribution in [-0.2, 0) is 11.3 Å². The van der Waals surface area contributed by atoms with E-state index in [1.165, 1.54) is 6.92 Å². The van der Waals surface area contributed by atoms with Gasteiger partial charge in [-0.1, -0.05) is 12.1 Å². The van der Waals surface area contributed by atoms with Gasteiger partial charge in [-0.3, -0.25) is 4.79 Å². The number of aliphatic carboxylic acids is 1. The predicted molar refractivity (Wildman–Crippen MR) is 103 cm³/mol. The minimum absolute atomic E-state index is 0.445. The van der Waals surface area contributed by atoms with Gasteiger partial charge in [0.25, 0.3) is 0 Å². The highest BCUT2D eigenvalue weighted by Crippen LogP contribution is 2.28. The monoisotopic (exact) mass is 366 g/mol. The summed E-state index contributed by atoms with van der Waals surface area (Å²) in [7, 11) is 0. The Balaban J connectivity index is 1.96. The number of rotatable bonds is 6. The minimum atomic E-state index is -1.01. The molecule has 1 amide bonds. The molecule has 0 spiro atoms. The van der Waals surface area contributed by atoms with Gasteiger partial charge in [-0.05, 0) is 62.2 Å². The quantitative estimate of drug-likeness (QED) is 0.700. The predicted octanol–water partition coefficient (Wildman–Crippen LogP) is 3.26. The van der Waals surface area contributed by atoms with Crippen LogP contribution < -0.4 is 10.5 Å². The third kappa shape index (κ3) is 3.65. The van der Waals surface area contributed by atoms with E-state index < -0.39 is 18.0 Å². The fraction of sp³-hybridized carbons (Fsp3) is 0.238. The molecular formula is C21H22N2O4. The highest BCUT2D eigenvalue weighted by Gasteiger charge is 2.15. The van der Waals surface area contributed by atoms with Gasteiger partial charge in [-0.2, -0.15) is 0 Å². The molecule has 27 heavy (non-hydrogen) atoms. The molecule has 1 atom stereocenters. The normalized spacial score (nSPS) is 12.1. The van der Waals surface area contributed by atoms with Crippen molar-refractivity contribution in [1.29, 1.82) is 0 Å². The molecule has 3 rings (SSSR count). The zero-order valence-corrected chi connectivity index (χ0v) is 15.5. The van der Waals surface area contributed by atoms with Gasteiger partial charge in [0, 0.05) is 28.7 Å². The van der Waals surface area contributed by atoms with Crippen molar-refractivity contribution in [2.45, 2.75) is 33.4 Å². The maximum Gasteiger partial charge on any atom is 0.344 e. The van der Waals surface area contributed by atoms with Crippen molar-refractivity contribution in [3.63, 3.8) is 0 Å². The fourth-order valence-electron chi connectivity index (χ4n) is 3.16. The molecule has 0 aliphatic carbocycles. The summed E-state index contributed by atoms with van der Waals surface area (Å²) in [6.07, 6.45) is -0.913. The number of nitrogens with zero attached hydrogens (tertiary/aromatic N) is 1. The molecule has 0 bridgehead atoms. The van der Waals surface area contributed by atoms with Crippen LogP contribution in [0.2, 0.25) is 0 Å². The maximum absolute atomic E-state index is 11.5. The minimum Gasteiger partial charge on any atom is -0.479 e. The number of carbonyl (C=O) groups is 2. The second-order valence-corrected chi connectivity index (χ2v) is 6.64.